The lowest BCUT2D eigenvalue weighted by molar-refractivity contribution is -0.137. The Morgan fingerprint density at radius 1 is 1.12 bits per heavy atom. The minimum Gasteiger partial charge on any atom is -0.481 e. The predicted octanol–water partition coefficient (Wildman–Crippen LogP) is 1.79. The SMILES string of the molecule is O=C(O)CCCCCNC(=O)C1C2CCCC21. The van der Waals surface area contributed by atoms with Crippen LogP contribution in [0.3, 0.4) is 0 Å². The molecule has 0 aliphatic heterocycles. The van der Waals surface area contributed by atoms with Crippen LogP contribution in [-0.4, -0.2) is 23.5 Å². The van der Waals surface area contributed by atoms with Gasteiger partial charge in [0, 0.05) is 18.9 Å². The lowest BCUT2D eigenvalue weighted by atomic mass is 10.1. The number of hydrogen-bond acceptors (Lipinski definition) is 2. The molecule has 2 aliphatic carbocycles. The van der Waals surface area contributed by atoms with Crippen molar-refractivity contribution in [2.24, 2.45) is 17.8 Å². The van der Waals surface area contributed by atoms with Crippen LogP contribution < -0.4 is 5.32 Å². The van der Waals surface area contributed by atoms with Crippen LogP contribution in [0.15, 0.2) is 0 Å². The van der Waals surface area contributed by atoms with Gasteiger partial charge < -0.3 is 10.4 Å². The van der Waals surface area contributed by atoms with E-state index in [1.165, 1.54) is 19.3 Å². The van der Waals surface area contributed by atoms with Gasteiger partial charge in [-0.3, -0.25) is 9.59 Å². The highest BCUT2D eigenvalue weighted by molar-refractivity contribution is 5.82. The first-order valence-corrected chi connectivity index (χ1v) is 6.69. The van der Waals surface area contributed by atoms with Crippen molar-refractivity contribution in [1.82, 2.24) is 5.32 Å². The molecule has 2 atom stereocenters. The van der Waals surface area contributed by atoms with Crippen molar-refractivity contribution in [1.29, 1.82) is 0 Å². The number of hydrogen-bond donors (Lipinski definition) is 2. The summed E-state index contributed by atoms with van der Waals surface area (Å²) < 4.78 is 0. The first-order chi connectivity index (χ1) is 8.20. The molecular formula is C13H21NO3. The van der Waals surface area contributed by atoms with Gasteiger partial charge in [-0.15, -0.1) is 0 Å². The Balaban J connectivity index is 1.48. The maximum atomic E-state index is 11.8. The molecule has 2 aliphatic rings. The van der Waals surface area contributed by atoms with Crippen LogP contribution in [-0.2, 0) is 9.59 Å². The van der Waals surface area contributed by atoms with E-state index >= 15 is 0 Å². The molecule has 0 aromatic carbocycles. The Bertz CT molecular complexity index is 293. The highest BCUT2D eigenvalue weighted by Gasteiger charge is 2.56. The second kappa shape index (κ2) is 5.52. The van der Waals surface area contributed by atoms with Crippen LogP contribution >= 0.6 is 0 Å². The number of nitrogens with one attached hydrogen (secondary N) is 1. The minimum atomic E-state index is -0.736. The first-order valence-electron chi connectivity index (χ1n) is 6.69. The Morgan fingerprint density at radius 2 is 1.82 bits per heavy atom. The number of rotatable bonds is 7. The summed E-state index contributed by atoms with van der Waals surface area (Å²) in [5, 5.41) is 11.4. The van der Waals surface area contributed by atoms with E-state index in [1.807, 2.05) is 0 Å². The van der Waals surface area contributed by atoms with E-state index in [0.717, 1.165) is 12.8 Å². The highest BCUT2D eigenvalue weighted by Crippen LogP contribution is 2.57. The molecule has 0 aromatic heterocycles. The molecule has 0 spiro atoms. The minimum absolute atomic E-state index is 0.234. The average Bonchev–Trinajstić information content (AvgIpc) is 2.77. The van der Waals surface area contributed by atoms with Gasteiger partial charge in [0.15, 0.2) is 0 Å². The normalized spacial score (nSPS) is 29.8. The molecule has 0 radical (unpaired) electrons. The second-order valence-corrected chi connectivity index (χ2v) is 5.28. The standard InChI is InChI=1S/C13H21NO3/c15-11(16)7-2-1-3-8-14-13(17)12-9-5-4-6-10(9)12/h9-10,12H,1-8H2,(H,14,17)(H,15,16). The summed E-state index contributed by atoms with van der Waals surface area (Å²) in [6, 6.07) is 0. The number of amides is 1. The fraction of sp³-hybridized carbons (Fsp3) is 0.846. The molecule has 2 N–H and O–H groups in total. The molecule has 2 unspecified atom stereocenters. The molecule has 0 bridgehead atoms. The highest BCUT2D eigenvalue weighted by atomic mass is 16.4. The maximum Gasteiger partial charge on any atom is 0.303 e. The van der Waals surface area contributed by atoms with Crippen LogP contribution in [0.2, 0.25) is 0 Å². The van der Waals surface area contributed by atoms with Gasteiger partial charge in [-0.05, 0) is 37.5 Å². The Kier molecular flexibility index (Phi) is 4.02. The van der Waals surface area contributed by atoms with Gasteiger partial charge in [0.25, 0.3) is 0 Å². The zero-order valence-electron chi connectivity index (χ0n) is 10.2. The molecule has 4 nitrogen and oxygen atoms in total. The molecular weight excluding hydrogens is 218 g/mol. The van der Waals surface area contributed by atoms with Gasteiger partial charge in [-0.1, -0.05) is 12.8 Å². The van der Waals surface area contributed by atoms with Crippen molar-refractivity contribution in [3.8, 4) is 0 Å². The van der Waals surface area contributed by atoms with Crippen molar-refractivity contribution >= 4 is 11.9 Å². The van der Waals surface area contributed by atoms with E-state index in [2.05, 4.69) is 5.32 Å². The van der Waals surface area contributed by atoms with Gasteiger partial charge in [0.2, 0.25) is 5.91 Å². The van der Waals surface area contributed by atoms with Gasteiger partial charge in [-0.25, -0.2) is 0 Å². The van der Waals surface area contributed by atoms with Crippen LogP contribution in [0.4, 0.5) is 0 Å². The molecule has 1 amide bonds. The van der Waals surface area contributed by atoms with Crippen molar-refractivity contribution < 1.29 is 14.7 Å². The molecule has 0 saturated heterocycles. The Morgan fingerprint density at radius 3 is 2.47 bits per heavy atom. The third kappa shape index (κ3) is 3.20. The van der Waals surface area contributed by atoms with Crippen molar-refractivity contribution in [3.63, 3.8) is 0 Å². The molecule has 4 heteroatoms. The summed E-state index contributed by atoms with van der Waals surface area (Å²) >= 11 is 0. The summed E-state index contributed by atoms with van der Waals surface area (Å²) in [5.74, 6) is 1.17. The largest absolute Gasteiger partial charge is 0.481 e. The maximum absolute atomic E-state index is 11.8. The fourth-order valence-electron chi connectivity index (χ4n) is 3.12. The molecule has 96 valence electrons. The molecule has 0 aromatic rings. The summed E-state index contributed by atoms with van der Waals surface area (Å²) in [7, 11) is 0. The second-order valence-electron chi connectivity index (χ2n) is 5.28. The van der Waals surface area contributed by atoms with Crippen LogP contribution in [0.1, 0.15) is 44.9 Å². The quantitative estimate of drug-likeness (QED) is 0.666. The van der Waals surface area contributed by atoms with E-state index < -0.39 is 5.97 Å². The number of carboxylic acids is 1. The molecule has 2 fully saturated rings. The molecule has 0 heterocycles. The summed E-state index contributed by atoms with van der Waals surface area (Å²) in [4.78, 5) is 22.0. The van der Waals surface area contributed by atoms with Crippen molar-refractivity contribution in [3.05, 3.63) is 0 Å². The predicted molar refractivity (Wildman–Crippen MR) is 63.4 cm³/mol. The number of carbonyl (C=O) groups is 2. The molecule has 17 heavy (non-hydrogen) atoms. The summed E-state index contributed by atoms with van der Waals surface area (Å²) in [5.41, 5.74) is 0. The summed E-state index contributed by atoms with van der Waals surface area (Å²) in [6.45, 7) is 0.703. The van der Waals surface area contributed by atoms with E-state index in [1.54, 1.807) is 0 Å². The van der Waals surface area contributed by atoms with E-state index in [4.69, 9.17) is 5.11 Å². The van der Waals surface area contributed by atoms with Gasteiger partial charge in [-0.2, -0.15) is 0 Å². The average molecular weight is 239 g/mol. The van der Waals surface area contributed by atoms with Gasteiger partial charge >= 0.3 is 5.97 Å². The number of carboxylic acid groups (broad SMARTS) is 1. The number of fused-ring (bicyclic) bond motifs is 1. The smallest absolute Gasteiger partial charge is 0.303 e. The lowest BCUT2D eigenvalue weighted by Gasteiger charge is -2.06. The van der Waals surface area contributed by atoms with E-state index in [-0.39, 0.29) is 12.3 Å². The van der Waals surface area contributed by atoms with Crippen molar-refractivity contribution in [2.75, 3.05) is 6.54 Å². The third-order valence-electron chi connectivity index (χ3n) is 4.08. The van der Waals surface area contributed by atoms with Crippen LogP contribution in [0.25, 0.3) is 0 Å². The number of carbonyl (C=O) groups excluding carboxylic acids is 1. The number of aliphatic carboxylic acids is 1. The topological polar surface area (TPSA) is 66.4 Å². The Labute approximate surface area is 102 Å². The van der Waals surface area contributed by atoms with Crippen LogP contribution in [0.5, 0.6) is 0 Å². The number of unbranched alkanes of at least 4 members (excludes halogenated alkanes) is 2. The molecule has 2 saturated carbocycles. The monoisotopic (exact) mass is 239 g/mol. The Hall–Kier alpha value is -1.06. The zero-order valence-corrected chi connectivity index (χ0v) is 10.2. The fourth-order valence-corrected chi connectivity index (χ4v) is 3.12. The summed E-state index contributed by atoms with van der Waals surface area (Å²) in [6.07, 6.45) is 6.49. The van der Waals surface area contributed by atoms with E-state index in [9.17, 15) is 9.59 Å². The first kappa shape index (κ1) is 12.4. The van der Waals surface area contributed by atoms with Crippen LogP contribution in [0, 0.1) is 17.8 Å². The van der Waals surface area contributed by atoms with Crippen molar-refractivity contribution in [2.45, 2.75) is 44.9 Å². The van der Waals surface area contributed by atoms with Gasteiger partial charge in [0.1, 0.15) is 0 Å². The van der Waals surface area contributed by atoms with Gasteiger partial charge in [0.05, 0.1) is 0 Å². The zero-order chi connectivity index (χ0) is 12.3. The lowest BCUT2D eigenvalue weighted by Crippen LogP contribution is -2.27. The molecule has 2 rings (SSSR count). The third-order valence-corrected chi connectivity index (χ3v) is 4.08. The van der Waals surface area contributed by atoms with E-state index in [0.29, 0.717) is 30.7 Å².